The van der Waals surface area contributed by atoms with Crippen molar-refractivity contribution in [3.63, 3.8) is 0 Å². The Morgan fingerprint density at radius 3 is 0.462 bits per heavy atom. The second-order valence-electron chi connectivity index (χ2n) is 1.73. The summed E-state index contributed by atoms with van der Waals surface area (Å²) in [5, 5.41) is 0. The number of hydrogen-bond donors (Lipinski definition) is 6. The van der Waals surface area contributed by atoms with E-state index in [1.807, 2.05) is 0 Å². The molecule has 0 saturated heterocycles. The Bertz CT molecular complexity index is 32.6. The van der Waals surface area contributed by atoms with Gasteiger partial charge in [0.15, 0.2) is 0 Å². The minimum Gasteiger partial charge on any atom is -0.329 e. The molecule has 0 radical (unpaired) electrons. The number of hydrogen-bond acceptors (Lipinski definition) is 6. The van der Waals surface area contributed by atoms with Crippen LogP contribution in [0.5, 0.6) is 0 Å². The minimum atomic E-state index is 0. The molecule has 0 spiro atoms. The van der Waals surface area contributed by atoms with Crippen LogP contribution in [0.1, 0.15) is 0 Å². The maximum atomic E-state index is 4.90. The van der Waals surface area contributed by atoms with Crippen LogP contribution in [-0.2, 0) is 17.4 Å². The first kappa shape index (κ1) is 23.3. The SMILES string of the molecule is NCCN.NCCN.NCCN.[Cr+2]. The molecule has 0 bridgehead atoms. The van der Waals surface area contributed by atoms with Gasteiger partial charge in [-0.3, -0.25) is 0 Å². The molecule has 0 aliphatic carbocycles. The van der Waals surface area contributed by atoms with E-state index >= 15 is 0 Å². The van der Waals surface area contributed by atoms with E-state index in [1.54, 1.807) is 0 Å². The molecule has 0 aromatic heterocycles. The third-order valence-electron chi connectivity index (χ3n) is 0.500. The van der Waals surface area contributed by atoms with Crippen molar-refractivity contribution in [3.8, 4) is 0 Å². The first-order valence-corrected chi connectivity index (χ1v) is 3.95. The largest absolute Gasteiger partial charge is 2.00 e. The molecule has 0 rings (SSSR count). The molecular weight excluding hydrogens is 208 g/mol. The normalized spacial score (nSPS) is 6.92. The molecule has 0 aliphatic rings. The maximum absolute atomic E-state index is 4.90. The van der Waals surface area contributed by atoms with Gasteiger partial charge in [0, 0.05) is 39.3 Å². The zero-order valence-electron chi connectivity index (χ0n) is 8.11. The van der Waals surface area contributed by atoms with Gasteiger partial charge in [0.1, 0.15) is 0 Å². The van der Waals surface area contributed by atoms with Gasteiger partial charge in [0.25, 0.3) is 0 Å². The summed E-state index contributed by atoms with van der Waals surface area (Å²) in [7, 11) is 0. The quantitative estimate of drug-likeness (QED) is 0.299. The maximum Gasteiger partial charge on any atom is 2.00 e. The fourth-order valence-electron chi connectivity index (χ4n) is 0. The molecule has 0 saturated carbocycles. The van der Waals surface area contributed by atoms with E-state index in [9.17, 15) is 0 Å². The predicted molar refractivity (Wildman–Crippen MR) is 54.3 cm³/mol. The van der Waals surface area contributed by atoms with Crippen LogP contribution in [0.25, 0.3) is 0 Å². The van der Waals surface area contributed by atoms with Gasteiger partial charge in [-0.1, -0.05) is 0 Å². The summed E-state index contributed by atoms with van der Waals surface area (Å²) in [5.74, 6) is 0. The van der Waals surface area contributed by atoms with Crippen LogP contribution in [0.3, 0.4) is 0 Å². The molecule has 7 heteroatoms. The van der Waals surface area contributed by atoms with Gasteiger partial charge in [-0.15, -0.1) is 0 Å². The third kappa shape index (κ3) is 120. The van der Waals surface area contributed by atoms with Crippen molar-refractivity contribution in [3.05, 3.63) is 0 Å². The third-order valence-corrected chi connectivity index (χ3v) is 0.500. The van der Waals surface area contributed by atoms with Crippen LogP contribution in [0.15, 0.2) is 0 Å². The summed E-state index contributed by atoms with van der Waals surface area (Å²) in [5.41, 5.74) is 29.4. The molecule has 0 aliphatic heterocycles. The van der Waals surface area contributed by atoms with Crippen molar-refractivity contribution in [2.75, 3.05) is 39.3 Å². The van der Waals surface area contributed by atoms with Gasteiger partial charge >= 0.3 is 17.4 Å². The monoisotopic (exact) mass is 232 g/mol. The Kier molecular flexibility index (Phi) is 70.8. The summed E-state index contributed by atoms with van der Waals surface area (Å²) in [6.07, 6.45) is 0. The smallest absolute Gasteiger partial charge is 0.329 e. The van der Waals surface area contributed by atoms with Gasteiger partial charge in [-0.05, 0) is 0 Å². The molecule has 0 atom stereocenters. The topological polar surface area (TPSA) is 156 Å². The molecule has 0 amide bonds. The molecule has 12 N–H and O–H groups in total. The molecule has 0 heterocycles. The summed E-state index contributed by atoms with van der Waals surface area (Å²) in [6, 6.07) is 0. The van der Waals surface area contributed by atoms with Crippen molar-refractivity contribution < 1.29 is 17.4 Å². The summed E-state index contributed by atoms with van der Waals surface area (Å²) in [6.45, 7) is 3.58. The average molecular weight is 232 g/mol. The van der Waals surface area contributed by atoms with E-state index in [2.05, 4.69) is 0 Å². The van der Waals surface area contributed by atoms with Crippen molar-refractivity contribution in [2.24, 2.45) is 34.4 Å². The van der Waals surface area contributed by atoms with Gasteiger partial charge in [-0.2, -0.15) is 0 Å². The van der Waals surface area contributed by atoms with Crippen molar-refractivity contribution in [1.82, 2.24) is 0 Å². The van der Waals surface area contributed by atoms with Crippen molar-refractivity contribution in [2.45, 2.75) is 0 Å². The Morgan fingerprint density at radius 1 is 0.385 bits per heavy atom. The molecular formula is C6H24CrN6+2. The second-order valence-corrected chi connectivity index (χ2v) is 1.73. The molecule has 6 nitrogen and oxygen atoms in total. The Morgan fingerprint density at radius 2 is 0.462 bits per heavy atom. The molecule has 0 unspecified atom stereocenters. The van der Waals surface area contributed by atoms with E-state index < -0.39 is 0 Å². The molecule has 0 aromatic rings. The Labute approximate surface area is 91.5 Å². The second kappa shape index (κ2) is 39.6. The van der Waals surface area contributed by atoms with Crippen LogP contribution >= 0.6 is 0 Å². The summed E-state index contributed by atoms with van der Waals surface area (Å²) < 4.78 is 0. The van der Waals surface area contributed by atoms with Crippen LogP contribution in [-0.4, -0.2) is 39.3 Å². The number of rotatable bonds is 3. The molecule has 0 aromatic carbocycles. The van der Waals surface area contributed by atoms with Crippen LogP contribution < -0.4 is 34.4 Å². The zero-order valence-corrected chi connectivity index (χ0v) is 9.39. The minimum absolute atomic E-state index is 0. The van der Waals surface area contributed by atoms with E-state index in [0.29, 0.717) is 39.3 Å². The first-order chi connectivity index (χ1) is 5.74. The van der Waals surface area contributed by atoms with Crippen LogP contribution in [0.4, 0.5) is 0 Å². The van der Waals surface area contributed by atoms with E-state index in [-0.39, 0.29) is 17.4 Å². The average Bonchev–Trinajstić information content (AvgIpc) is 2.18. The summed E-state index contributed by atoms with van der Waals surface area (Å²) in [4.78, 5) is 0. The van der Waals surface area contributed by atoms with E-state index in [4.69, 9.17) is 34.4 Å². The van der Waals surface area contributed by atoms with Gasteiger partial charge in [-0.25, -0.2) is 0 Å². The summed E-state index contributed by atoms with van der Waals surface area (Å²) >= 11 is 0. The Hall–Kier alpha value is 0.292. The van der Waals surface area contributed by atoms with Crippen LogP contribution in [0, 0.1) is 0 Å². The molecule has 13 heavy (non-hydrogen) atoms. The van der Waals surface area contributed by atoms with Crippen molar-refractivity contribution in [1.29, 1.82) is 0 Å². The fraction of sp³-hybridized carbons (Fsp3) is 1.00. The van der Waals surface area contributed by atoms with Gasteiger partial charge in [0.2, 0.25) is 0 Å². The first-order valence-electron chi connectivity index (χ1n) is 3.95. The standard InChI is InChI=1S/3C2H8N2.Cr/c3*3-1-2-4;/h3*1-4H2;/q;;;+2. The predicted octanol–water partition coefficient (Wildman–Crippen LogP) is -3.29. The molecule has 0 fully saturated rings. The van der Waals surface area contributed by atoms with Crippen molar-refractivity contribution >= 4 is 0 Å². The van der Waals surface area contributed by atoms with Gasteiger partial charge < -0.3 is 34.4 Å². The van der Waals surface area contributed by atoms with Crippen LogP contribution in [0.2, 0.25) is 0 Å². The van der Waals surface area contributed by atoms with E-state index in [0.717, 1.165) is 0 Å². The van der Waals surface area contributed by atoms with E-state index in [1.165, 1.54) is 0 Å². The molecule has 82 valence electrons. The number of nitrogens with two attached hydrogens (primary N) is 6. The fourth-order valence-corrected chi connectivity index (χ4v) is 0. The van der Waals surface area contributed by atoms with Gasteiger partial charge in [0.05, 0.1) is 0 Å². The Balaban J connectivity index is -0.0000000450. The zero-order chi connectivity index (χ0) is 10.2.